The van der Waals surface area contributed by atoms with Crippen molar-refractivity contribution in [2.75, 3.05) is 39.2 Å². The summed E-state index contributed by atoms with van der Waals surface area (Å²) in [6.45, 7) is 9.58. The van der Waals surface area contributed by atoms with Gasteiger partial charge in [-0.1, -0.05) is 26.8 Å². The van der Waals surface area contributed by atoms with E-state index in [9.17, 15) is 4.79 Å². The summed E-state index contributed by atoms with van der Waals surface area (Å²) in [5.41, 5.74) is 9.18. The number of nitrogen functional groups attached to an aromatic ring is 1. The number of anilines is 1. The van der Waals surface area contributed by atoms with Crippen molar-refractivity contribution >= 4 is 17.5 Å². The zero-order valence-corrected chi connectivity index (χ0v) is 20.7. The van der Waals surface area contributed by atoms with Crippen molar-refractivity contribution in [1.29, 1.82) is 5.41 Å². The van der Waals surface area contributed by atoms with Crippen LogP contribution in [0, 0.1) is 10.8 Å². The summed E-state index contributed by atoms with van der Waals surface area (Å²) < 4.78 is 11.6. The number of esters is 1. The number of carbonyl (C=O) groups is 1. The number of nitrogens with zero attached hydrogens (tertiary/aromatic N) is 1. The average Bonchev–Trinajstić information content (AvgIpc) is 2.74. The Balaban J connectivity index is 2.29. The van der Waals surface area contributed by atoms with Crippen LogP contribution in [0.5, 0.6) is 5.75 Å². The maximum Gasteiger partial charge on any atom is 0.302 e. The first-order valence-electron chi connectivity index (χ1n) is 11.2. The van der Waals surface area contributed by atoms with Crippen LogP contribution in [0.1, 0.15) is 50.4 Å². The molecule has 0 saturated carbocycles. The van der Waals surface area contributed by atoms with Gasteiger partial charge in [0.25, 0.3) is 0 Å². The monoisotopic (exact) mass is 454 g/mol. The van der Waals surface area contributed by atoms with Crippen LogP contribution >= 0.6 is 0 Å². The van der Waals surface area contributed by atoms with E-state index in [1.807, 2.05) is 18.2 Å². The zero-order chi connectivity index (χ0) is 24.6. The largest absolute Gasteiger partial charge is 0.493 e. The van der Waals surface area contributed by atoms with E-state index >= 15 is 0 Å². The highest BCUT2D eigenvalue weighted by Crippen LogP contribution is 2.28. The minimum atomic E-state index is -0.331. The number of hydrogen-bond acceptors (Lipinski definition) is 6. The number of nitrogens with two attached hydrogens (primary N) is 1. The van der Waals surface area contributed by atoms with E-state index < -0.39 is 0 Å². The van der Waals surface area contributed by atoms with Gasteiger partial charge in [-0.25, -0.2) is 0 Å². The third kappa shape index (κ3) is 8.77. The van der Waals surface area contributed by atoms with Gasteiger partial charge in [-0.05, 0) is 68.0 Å². The summed E-state index contributed by atoms with van der Waals surface area (Å²) in [5.74, 6) is 0.493. The minimum Gasteiger partial charge on any atom is -0.493 e. The molecule has 0 saturated heterocycles. The Morgan fingerprint density at radius 3 is 2.39 bits per heavy atom. The Morgan fingerprint density at radius 2 is 1.85 bits per heavy atom. The van der Waals surface area contributed by atoms with Gasteiger partial charge in [-0.15, -0.1) is 0 Å². The van der Waals surface area contributed by atoms with Gasteiger partial charge in [0, 0.05) is 30.1 Å². The van der Waals surface area contributed by atoms with E-state index in [-0.39, 0.29) is 29.9 Å². The van der Waals surface area contributed by atoms with Gasteiger partial charge >= 0.3 is 5.97 Å². The summed E-state index contributed by atoms with van der Waals surface area (Å²) in [6, 6.07) is 13.2. The van der Waals surface area contributed by atoms with E-state index in [0.717, 1.165) is 35.5 Å². The third-order valence-electron chi connectivity index (χ3n) is 5.16. The molecule has 7 nitrogen and oxygen atoms in total. The van der Waals surface area contributed by atoms with Gasteiger partial charge in [-0.2, -0.15) is 0 Å². The fourth-order valence-corrected chi connectivity index (χ4v) is 3.72. The van der Waals surface area contributed by atoms with Crippen molar-refractivity contribution in [1.82, 2.24) is 4.90 Å². The Bertz CT molecular complexity index is 939. The molecule has 0 aliphatic heterocycles. The number of nitrogens with one attached hydrogen (secondary N) is 2. The molecule has 1 atom stereocenters. The predicted molar refractivity (Wildman–Crippen MR) is 134 cm³/mol. The van der Waals surface area contributed by atoms with Crippen LogP contribution in [0.3, 0.4) is 0 Å². The van der Waals surface area contributed by atoms with Crippen molar-refractivity contribution < 1.29 is 14.3 Å². The normalized spacial score (nSPS) is 12.3. The molecule has 33 heavy (non-hydrogen) atoms. The maximum absolute atomic E-state index is 11.5. The van der Waals surface area contributed by atoms with Crippen LogP contribution in [-0.4, -0.2) is 50.6 Å². The van der Waals surface area contributed by atoms with Crippen molar-refractivity contribution in [2.45, 2.75) is 40.2 Å². The molecule has 180 valence electrons. The quantitative estimate of drug-likeness (QED) is 0.252. The molecule has 2 aromatic rings. The number of ether oxygens (including phenoxy) is 2. The first kappa shape index (κ1) is 26.2. The second kappa shape index (κ2) is 11.7. The Hall–Kier alpha value is -3.06. The minimum absolute atomic E-state index is 0.000265. The highest BCUT2D eigenvalue weighted by Gasteiger charge is 2.21. The molecule has 0 aliphatic carbocycles. The molecule has 0 aliphatic rings. The number of aryl methyl sites for hydroxylation is 1. The Kier molecular flexibility index (Phi) is 9.29. The lowest BCUT2D eigenvalue weighted by molar-refractivity contribution is -0.141. The van der Waals surface area contributed by atoms with Crippen molar-refractivity contribution in [3.8, 4) is 5.75 Å². The van der Waals surface area contributed by atoms with Gasteiger partial charge < -0.3 is 25.4 Å². The van der Waals surface area contributed by atoms with Gasteiger partial charge in [0.2, 0.25) is 0 Å². The predicted octanol–water partition coefficient (Wildman–Crippen LogP) is 4.22. The smallest absolute Gasteiger partial charge is 0.302 e. The molecule has 0 heterocycles. The van der Waals surface area contributed by atoms with E-state index in [4.69, 9.17) is 20.6 Å². The Morgan fingerprint density at radius 1 is 1.18 bits per heavy atom. The van der Waals surface area contributed by atoms with Gasteiger partial charge in [-0.3, -0.25) is 10.2 Å². The SMILES string of the molecule is CCc1cc(OCC(C)(C)CN(C)C)cc(C(COC(C)=O)Nc2ccc(C(=N)N)cc2)c1. The topological polar surface area (TPSA) is 101 Å². The molecule has 7 heteroatoms. The molecular weight excluding hydrogens is 416 g/mol. The molecule has 4 N–H and O–H groups in total. The molecule has 2 rings (SSSR count). The molecule has 0 spiro atoms. The molecule has 0 radical (unpaired) electrons. The van der Waals surface area contributed by atoms with Crippen molar-refractivity contribution in [2.24, 2.45) is 11.1 Å². The molecule has 0 amide bonds. The lowest BCUT2D eigenvalue weighted by Gasteiger charge is -2.28. The first-order valence-corrected chi connectivity index (χ1v) is 11.2. The van der Waals surface area contributed by atoms with E-state index in [1.165, 1.54) is 6.92 Å². The van der Waals surface area contributed by atoms with E-state index in [0.29, 0.717) is 12.2 Å². The van der Waals surface area contributed by atoms with Gasteiger partial charge in [0.05, 0.1) is 12.6 Å². The number of rotatable bonds is 12. The van der Waals surface area contributed by atoms with Crippen LogP contribution in [0.4, 0.5) is 5.69 Å². The standard InChI is InChI=1S/C26H38N4O3/c1-7-19-12-21(14-23(13-19)33-17-26(3,4)16-30(5)6)24(15-32-18(2)31)29-22-10-8-20(9-11-22)25(27)28/h8-14,24,29H,7,15-17H2,1-6H3,(H3,27,28). The number of amidine groups is 1. The number of carbonyl (C=O) groups excluding carboxylic acids is 1. The lowest BCUT2D eigenvalue weighted by atomic mass is 9.94. The summed E-state index contributed by atoms with van der Waals surface area (Å²) in [6.07, 6.45) is 0.860. The van der Waals surface area contributed by atoms with Crippen LogP contribution in [-0.2, 0) is 16.0 Å². The van der Waals surface area contributed by atoms with Gasteiger partial charge in [0.15, 0.2) is 0 Å². The fourth-order valence-electron chi connectivity index (χ4n) is 3.72. The summed E-state index contributed by atoms with van der Waals surface area (Å²) in [5, 5.41) is 11.0. The average molecular weight is 455 g/mol. The fraction of sp³-hybridized carbons (Fsp3) is 0.462. The summed E-state index contributed by atoms with van der Waals surface area (Å²) in [7, 11) is 4.12. The van der Waals surface area contributed by atoms with Crippen LogP contribution in [0.15, 0.2) is 42.5 Å². The first-order chi connectivity index (χ1) is 15.5. The molecule has 0 bridgehead atoms. The molecule has 0 aromatic heterocycles. The molecule has 2 aromatic carbocycles. The second-order valence-electron chi connectivity index (χ2n) is 9.45. The Labute approximate surface area is 197 Å². The van der Waals surface area contributed by atoms with Crippen LogP contribution < -0.4 is 15.8 Å². The molecular formula is C26H38N4O3. The maximum atomic E-state index is 11.5. The van der Waals surface area contributed by atoms with Gasteiger partial charge in [0.1, 0.15) is 18.2 Å². The highest BCUT2D eigenvalue weighted by molar-refractivity contribution is 5.95. The molecule has 0 fully saturated rings. The van der Waals surface area contributed by atoms with E-state index in [1.54, 1.807) is 12.1 Å². The second-order valence-corrected chi connectivity index (χ2v) is 9.45. The lowest BCUT2D eigenvalue weighted by Crippen LogP contribution is -2.33. The summed E-state index contributed by atoms with van der Waals surface area (Å²) >= 11 is 0. The van der Waals surface area contributed by atoms with Crippen molar-refractivity contribution in [3.05, 3.63) is 59.2 Å². The zero-order valence-electron chi connectivity index (χ0n) is 20.7. The third-order valence-corrected chi connectivity index (χ3v) is 5.16. The van der Waals surface area contributed by atoms with E-state index in [2.05, 4.69) is 57.2 Å². The molecule has 1 unspecified atom stereocenters. The summed E-state index contributed by atoms with van der Waals surface area (Å²) in [4.78, 5) is 13.7. The number of benzene rings is 2. The number of hydrogen-bond donors (Lipinski definition) is 3. The van der Waals surface area contributed by atoms with Crippen molar-refractivity contribution in [3.63, 3.8) is 0 Å². The van der Waals surface area contributed by atoms with Crippen LogP contribution in [0.25, 0.3) is 0 Å². The van der Waals surface area contributed by atoms with Crippen LogP contribution in [0.2, 0.25) is 0 Å². The highest BCUT2D eigenvalue weighted by atomic mass is 16.5.